The molecule has 6 nitrogen and oxygen atoms in total. The highest BCUT2D eigenvalue weighted by atomic mass is 19.1. The molecule has 0 bridgehead atoms. The number of methoxy groups -OCH3 is 2. The van der Waals surface area contributed by atoms with Crippen molar-refractivity contribution in [2.24, 2.45) is 0 Å². The molecule has 8 heteroatoms. The Morgan fingerprint density at radius 1 is 1.12 bits per heavy atom. The smallest absolute Gasteiger partial charge is 0.319 e. The molecule has 0 fully saturated rings. The Kier molecular flexibility index (Phi) is 6.13. The Morgan fingerprint density at radius 3 is 2.36 bits per heavy atom. The van der Waals surface area contributed by atoms with Gasteiger partial charge in [0.05, 0.1) is 20.3 Å². The number of hydrogen-bond donors (Lipinski definition) is 3. The maximum atomic E-state index is 13.5. The van der Waals surface area contributed by atoms with Crippen LogP contribution in [0.4, 0.5) is 19.3 Å². The molecule has 0 saturated heterocycles. The Bertz CT molecular complexity index is 735. The van der Waals surface area contributed by atoms with Crippen LogP contribution in [0.3, 0.4) is 0 Å². The van der Waals surface area contributed by atoms with Crippen LogP contribution in [-0.2, 0) is 0 Å². The van der Waals surface area contributed by atoms with Crippen molar-refractivity contribution in [3.8, 4) is 11.5 Å². The second-order valence-electron chi connectivity index (χ2n) is 5.06. The minimum absolute atomic E-state index is 0.169. The third kappa shape index (κ3) is 4.57. The summed E-state index contributed by atoms with van der Waals surface area (Å²) in [7, 11) is 2.95. The summed E-state index contributed by atoms with van der Waals surface area (Å²) >= 11 is 0. The van der Waals surface area contributed by atoms with Crippen molar-refractivity contribution in [3.05, 3.63) is 53.6 Å². The number of hydrogen-bond acceptors (Lipinski definition) is 4. The lowest BCUT2D eigenvalue weighted by atomic mass is 10.1. The second kappa shape index (κ2) is 8.29. The monoisotopic (exact) mass is 352 g/mol. The average Bonchev–Trinajstić information content (AvgIpc) is 2.62. The van der Waals surface area contributed by atoms with Crippen molar-refractivity contribution < 1.29 is 28.2 Å². The van der Waals surface area contributed by atoms with Gasteiger partial charge in [-0.3, -0.25) is 0 Å². The number of benzene rings is 2. The van der Waals surface area contributed by atoms with Crippen LogP contribution >= 0.6 is 0 Å². The summed E-state index contributed by atoms with van der Waals surface area (Å²) in [6.07, 6.45) is -1.05. The third-order valence-electron chi connectivity index (χ3n) is 3.45. The normalized spacial score (nSPS) is 11.6. The van der Waals surface area contributed by atoms with Crippen LogP contribution in [0.25, 0.3) is 0 Å². The summed E-state index contributed by atoms with van der Waals surface area (Å²) < 4.78 is 37.2. The molecular formula is C17H18F2N2O4. The summed E-state index contributed by atoms with van der Waals surface area (Å²) in [5, 5.41) is 14.6. The second-order valence-corrected chi connectivity index (χ2v) is 5.06. The maximum Gasteiger partial charge on any atom is 0.319 e. The summed E-state index contributed by atoms with van der Waals surface area (Å²) in [4.78, 5) is 11.8. The molecule has 3 N–H and O–H groups in total. The SMILES string of the molecule is COc1ccc(C(O)CNC(=O)Nc2c(F)cccc2F)cc1OC. The van der Waals surface area contributed by atoms with Crippen molar-refractivity contribution in [1.82, 2.24) is 5.32 Å². The summed E-state index contributed by atoms with van der Waals surface area (Å²) in [6, 6.07) is 7.19. The van der Waals surface area contributed by atoms with Gasteiger partial charge < -0.3 is 25.2 Å². The quantitative estimate of drug-likeness (QED) is 0.747. The van der Waals surface area contributed by atoms with Crippen molar-refractivity contribution >= 4 is 11.7 Å². The highest BCUT2D eigenvalue weighted by Crippen LogP contribution is 2.29. The fourth-order valence-corrected chi connectivity index (χ4v) is 2.14. The Morgan fingerprint density at radius 2 is 1.76 bits per heavy atom. The number of rotatable bonds is 6. The van der Waals surface area contributed by atoms with E-state index in [2.05, 4.69) is 10.6 Å². The Hall–Kier alpha value is -2.87. The number of urea groups is 1. The topological polar surface area (TPSA) is 79.8 Å². The van der Waals surface area contributed by atoms with Gasteiger partial charge in [-0.1, -0.05) is 12.1 Å². The maximum absolute atomic E-state index is 13.5. The predicted octanol–water partition coefficient (Wildman–Crippen LogP) is 2.84. The van der Waals surface area contributed by atoms with Gasteiger partial charge in [-0.05, 0) is 29.8 Å². The van der Waals surface area contributed by atoms with Gasteiger partial charge >= 0.3 is 6.03 Å². The van der Waals surface area contributed by atoms with Gasteiger partial charge in [0.25, 0.3) is 0 Å². The lowest BCUT2D eigenvalue weighted by molar-refractivity contribution is 0.174. The third-order valence-corrected chi connectivity index (χ3v) is 3.45. The fraction of sp³-hybridized carbons (Fsp3) is 0.235. The minimum Gasteiger partial charge on any atom is -0.493 e. The highest BCUT2D eigenvalue weighted by molar-refractivity contribution is 5.89. The van der Waals surface area contributed by atoms with Gasteiger partial charge in [0.15, 0.2) is 11.5 Å². The fourth-order valence-electron chi connectivity index (χ4n) is 2.14. The molecule has 0 spiro atoms. The molecule has 0 radical (unpaired) electrons. The van der Waals surface area contributed by atoms with E-state index in [1.54, 1.807) is 18.2 Å². The predicted molar refractivity (Wildman–Crippen MR) is 87.9 cm³/mol. The molecule has 0 saturated carbocycles. The zero-order valence-corrected chi connectivity index (χ0v) is 13.7. The largest absolute Gasteiger partial charge is 0.493 e. The lowest BCUT2D eigenvalue weighted by Gasteiger charge is -2.15. The van der Waals surface area contributed by atoms with Gasteiger partial charge in [-0.15, -0.1) is 0 Å². The van der Waals surface area contributed by atoms with Crippen LogP contribution in [0.15, 0.2) is 36.4 Å². The summed E-state index contributed by atoms with van der Waals surface area (Å²) in [6.45, 7) is -0.169. The molecule has 2 aromatic carbocycles. The lowest BCUT2D eigenvalue weighted by Crippen LogP contribution is -2.33. The molecule has 0 aliphatic carbocycles. The molecule has 0 aliphatic heterocycles. The van der Waals surface area contributed by atoms with E-state index in [4.69, 9.17) is 9.47 Å². The number of halogens is 2. The molecule has 1 atom stereocenters. The molecular weight excluding hydrogens is 334 g/mol. The van der Waals surface area contributed by atoms with Crippen LogP contribution in [0, 0.1) is 11.6 Å². The van der Waals surface area contributed by atoms with E-state index in [1.807, 2.05) is 0 Å². The van der Waals surface area contributed by atoms with Gasteiger partial charge in [-0.25, -0.2) is 13.6 Å². The minimum atomic E-state index is -1.05. The number of aliphatic hydroxyl groups excluding tert-OH is 1. The number of aliphatic hydroxyl groups is 1. The first-order valence-corrected chi connectivity index (χ1v) is 7.35. The van der Waals surface area contributed by atoms with Gasteiger partial charge in [-0.2, -0.15) is 0 Å². The molecule has 2 rings (SSSR count). The molecule has 134 valence electrons. The number of carbonyl (C=O) groups is 1. The first-order chi connectivity index (χ1) is 12.0. The van der Waals surface area contributed by atoms with Crippen molar-refractivity contribution in [3.63, 3.8) is 0 Å². The molecule has 0 aromatic heterocycles. The number of ether oxygens (including phenoxy) is 2. The van der Waals surface area contributed by atoms with E-state index < -0.39 is 29.5 Å². The standard InChI is InChI=1S/C17H18F2N2O4/c1-24-14-7-6-10(8-15(14)25-2)13(22)9-20-17(23)21-16-11(18)4-3-5-12(16)19/h3-8,13,22H,9H2,1-2H3,(H2,20,21,23). The number of amides is 2. The van der Waals surface area contributed by atoms with Gasteiger partial charge in [0.2, 0.25) is 0 Å². The molecule has 1 unspecified atom stereocenters. The van der Waals surface area contributed by atoms with Gasteiger partial charge in [0, 0.05) is 6.54 Å². The van der Waals surface area contributed by atoms with E-state index in [0.717, 1.165) is 12.1 Å². The van der Waals surface area contributed by atoms with Crippen LogP contribution in [0.1, 0.15) is 11.7 Å². The van der Waals surface area contributed by atoms with Gasteiger partial charge in [0.1, 0.15) is 17.3 Å². The van der Waals surface area contributed by atoms with Crippen molar-refractivity contribution in [1.29, 1.82) is 0 Å². The number of carbonyl (C=O) groups excluding carboxylic acids is 1. The molecule has 2 aromatic rings. The molecule has 0 aliphatic rings. The van der Waals surface area contributed by atoms with Crippen LogP contribution in [0.5, 0.6) is 11.5 Å². The van der Waals surface area contributed by atoms with Crippen LogP contribution in [0.2, 0.25) is 0 Å². The van der Waals surface area contributed by atoms with E-state index in [9.17, 15) is 18.7 Å². The van der Waals surface area contributed by atoms with Crippen LogP contribution in [-0.4, -0.2) is 31.9 Å². The molecule has 2 amide bonds. The van der Waals surface area contributed by atoms with Crippen molar-refractivity contribution in [2.45, 2.75) is 6.10 Å². The number of nitrogens with one attached hydrogen (secondary N) is 2. The zero-order valence-electron chi connectivity index (χ0n) is 13.7. The average molecular weight is 352 g/mol. The summed E-state index contributed by atoms with van der Waals surface area (Å²) in [5.74, 6) is -0.859. The van der Waals surface area contributed by atoms with E-state index >= 15 is 0 Å². The Balaban J connectivity index is 1.97. The number of para-hydroxylation sites is 1. The first-order valence-electron chi connectivity index (χ1n) is 7.35. The van der Waals surface area contributed by atoms with E-state index in [-0.39, 0.29) is 6.54 Å². The molecule has 25 heavy (non-hydrogen) atoms. The van der Waals surface area contributed by atoms with Crippen molar-refractivity contribution in [2.75, 3.05) is 26.1 Å². The number of anilines is 1. The first kappa shape index (κ1) is 18.5. The Labute approximate surface area is 143 Å². The highest BCUT2D eigenvalue weighted by Gasteiger charge is 2.15. The molecule has 0 heterocycles. The van der Waals surface area contributed by atoms with E-state index in [0.29, 0.717) is 17.1 Å². The van der Waals surface area contributed by atoms with E-state index in [1.165, 1.54) is 20.3 Å². The summed E-state index contributed by atoms with van der Waals surface area (Å²) in [5.41, 5.74) is -0.0735. The zero-order chi connectivity index (χ0) is 18.4. The van der Waals surface area contributed by atoms with Crippen LogP contribution < -0.4 is 20.1 Å².